The number of hydrogen-bond donors (Lipinski definition) is 2. The van der Waals surface area contributed by atoms with Gasteiger partial charge in [0.2, 0.25) is 0 Å². The highest BCUT2D eigenvalue weighted by Gasteiger charge is 2.24. The van der Waals surface area contributed by atoms with E-state index in [4.69, 9.17) is 10.5 Å². The molecule has 0 saturated heterocycles. The summed E-state index contributed by atoms with van der Waals surface area (Å²) in [6.07, 6.45) is 1.10. The Labute approximate surface area is 196 Å². The number of pyridine rings is 1. The minimum absolute atomic E-state index is 0.103. The Morgan fingerprint density at radius 1 is 1.26 bits per heavy atom. The van der Waals surface area contributed by atoms with Gasteiger partial charge in [-0.1, -0.05) is 25.1 Å². The van der Waals surface area contributed by atoms with E-state index >= 15 is 0 Å². The molecule has 0 fully saturated rings. The van der Waals surface area contributed by atoms with Crippen molar-refractivity contribution in [3.63, 3.8) is 0 Å². The fourth-order valence-electron chi connectivity index (χ4n) is 3.46. The fourth-order valence-corrected chi connectivity index (χ4v) is 4.02. The molecule has 34 heavy (non-hydrogen) atoms. The Morgan fingerprint density at radius 2 is 2.00 bits per heavy atom. The van der Waals surface area contributed by atoms with Crippen molar-refractivity contribution in [3.05, 3.63) is 70.2 Å². The number of nitrogens with zero attached hydrogens (tertiary/aromatic N) is 4. The highest BCUT2D eigenvalue weighted by Crippen LogP contribution is 2.38. The maximum atomic E-state index is 13.2. The zero-order chi connectivity index (χ0) is 24.4. The van der Waals surface area contributed by atoms with E-state index in [1.807, 2.05) is 0 Å². The number of fused-ring (bicyclic) bond motifs is 1. The van der Waals surface area contributed by atoms with Crippen molar-refractivity contribution in [2.75, 3.05) is 16.2 Å². The van der Waals surface area contributed by atoms with E-state index in [1.165, 1.54) is 16.8 Å². The standard InChI is InChI=1S/C22H21FN6O4S/c1-3-34(32)27-16-9-6-14(10-18(16)33-12-13-4-7-15(23)8-5-13)20-19-21(28(2)26-20)17(29(30)31)11-25-22(19)24/h4-11,27H,3,12H2,1-2H3,(H2,24,25). The van der Waals surface area contributed by atoms with Gasteiger partial charge in [0, 0.05) is 18.4 Å². The quantitative estimate of drug-likeness (QED) is 0.285. The molecule has 2 aromatic heterocycles. The van der Waals surface area contributed by atoms with Crippen LogP contribution in [0.5, 0.6) is 5.75 Å². The van der Waals surface area contributed by atoms with Gasteiger partial charge in [-0.15, -0.1) is 0 Å². The molecular formula is C22H21FN6O4S. The molecule has 0 aliphatic heterocycles. The molecule has 0 saturated carbocycles. The molecule has 1 unspecified atom stereocenters. The van der Waals surface area contributed by atoms with E-state index < -0.39 is 15.9 Å². The lowest BCUT2D eigenvalue weighted by molar-refractivity contribution is -0.383. The van der Waals surface area contributed by atoms with Crippen LogP contribution in [0.3, 0.4) is 0 Å². The van der Waals surface area contributed by atoms with Crippen LogP contribution in [-0.2, 0) is 24.6 Å². The number of nitrogen functional groups attached to an aromatic ring is 1. The Balaban J connectivity index is 1.80. The molecule has 0 aliphatic carbocycles. The smallest absolute Gasteiger partial charge is 0.313 e. The van der Waals surface area contributed by atoms with E-state index in [2.05, 4.69) is 14.8 Å². The summed E-state index contributed by atoms with van der Waals surface area (Å²) in [5.74, 6) is 0.510. The van der Waals surface area contributed by atoms with Gasteiger partial charge in [0.25, 0.3) is 0 Å². The molecule has 10 nitrogen and oxygen atoms in total. The topological polar surface area (TPSA) is 138 Å². The molecule has 2 heterocycles. The van der Waals surface area contributed by atoms with E-state index in [1.54, 1.807) is 44.3 Å². The number of anilines is 2. The minimum Gasteiger partial charge on any atom is -0.487 e. The van der Waals surface area contributed by atoms with Crippen molar-refractivity contribution in [1.82, 2.24) is 14.8 Å². The van der Waals surface area contributed by atoms with Gasteiger partial charge in [0.05, 0.1) is 16.0 Å². The first-order valence-electron chi connectivity index (χ1n) is 10.2. The Morgan fingerprint density at radius 3 is 2.68 bits per heavy atom. The molecule has 2 aromatic carbocycles. The Bertz CT molecular complexity index is 1410. The van der Waals surface area contributed by atoms with Crippen LogP contribution in [0.15, 0.2) is 48.7 Å². The fraction of sp³-hybridized carbons (Fsp3) is 0.182. The van der Waals surface area contributed by atoms with Gasteiger partial charge in [-0.3, -0.25) is 14.8 Å². The SMILES string of the molecule is CCS(=O)Nc1ccc(-c2nn(C)c3c([N+](=O)[O-])cnc(N)c23)cc1OCc1ccc(F)cc1. The number of nitro groups is 1. The van der Waals surface area contributed by atoms with E-state index in [0.29, 0.717) is 33.8 Å². The normalized spacial score (nSPS) is 12.0. The predicted molar refractivity (Wildman–Crippen MR) is 128 cm³/mol. The number of rotatable bonds is 8. The summed E-state index contributed by atoms with van der Waals surface area (Å²) in [4.78, 5) is 14.9. The predicted octanol–water partition coefficient (Wildman–Crippen LogP) is 3.94. The summed E-state index contributed by atoms with van der Waals surface area (Å²) in [6, 6.07) is 11.0. The molecule has 4 rings (SSSR count). The molecule has 0 bridgehead atoms. The summed E-state index contributed by atoms with van der Waals surface area (Å²) < 4.78 is 35.6. The van der Waals surface area contributed by atoms with Gasteiger partial charge in [0.15, 0.2) is 5.52 Å². The van der Waals surface area contributed by atoms with Gasteiger partial charge < -0.3 is 15.2 Å². The maximum absolute atomic E-state index is 13.2. The molecule has 0 aliphatic rings. The molecule has 0 spiro atoms. The number of hydrogen-bond acceptors (Lipinski definition) is 7. The molecular weight excluding hydrogens is 463 g/mol. The van der Waals surface area contributed by atoms with Crippen LogP contribution in [0, 0.1) is 15.9 Å². The number of nitrogens with two attached hydrogens (primary N) is 1. The largest absolute Gasteiger partial charge is 0.487 e. The second-order valence-corrected chi connectivity index (χ2v) is 8.82. The minimum atomic E-state index is -1.32. The molecule has 12 heteroatoms. The van der Waals surface area contributed by atoms with Crippen molar-refractivity contribution in [2.24, 2.45) is 7.05 Å². The van der Waals surface area contributed by atoms with Gasteiger partial charge >= 0.3 is 5.69 Å². The van der Waals surface area contributed by atoms with E-state index in [9.17, 15) is 18.7 Å². The number of aryl methyl sites for hydroxylation is 1. The second-order valence-electron chi connectivity index (χ2n) is 7.34. The van der Waals surface area contributed by atoms with Crippen LogP contribution >= 0.6 is 0 Å². The zero-order valence-corrected chi connectivity index (χ0v) is 19.1. The lowest BCUT2D eigenvalue weighted by Gasteiger charge is -2.14. The van der Waals surface area contributed by atoms with Crippen LogP contribution in [0.4, 0.5) is 21.6 Å². The lowest BCUT2D eigenvalue weighted by Crippen LogP contribution is -2.08. The summed E-state index contributed by atoms with van der Waals surface area (Å²) >= 11 is 0. The summed E-state index contributed by atoms with van der Waals surface area (Å²) in [5.41, 5.74) is 8.29. The average molecular weight is 485 g/mol. The third kappa shape index (κ3) is 4.53. The summed E-state index contributed by atoms with van der Waals surface area (Å²) in [7, 11) is 0.263. The monoisotopic (exact) mass is 484 g/mol. The van der Waals surface area contributed by atoms with Gasteiger partial charge in [0.1, 0.15) is 46.9 Å². The van der Waals surface area contributed by atoms with Crippen molar-refractivity contribution < 1.29 is 18.3 Å². The molecule has 0 radical (unpaired) electrons. The van der Waals surface area contributed by atoms with Crippen molar-refractivity contribution in [2.45, 2.75) is 13.5 Å². The Hall–Kier alpha value is -4.06. The first-order valence-corrected chi connectivity index (χ1v) is 11.5. The van der Waals surface area contributed by atoms with Crippen molar-refractivity contribution >= 4 is 39.1 Å². The van der Waals surface area contributed by atoms with Crippen LogP contribution in [-0.4, -0.2) is 29.6 Å². The van der Waals surface area contributed by atoms with Crippen LogP contribution < -0.4 is 15.2 Å². The maximum Gasteiger partial charge on any atom is 0.313 e. The van der Waals surface area contributed by atoms with E-state index in [0.717, 1.165) is 11.8 Å². The third-order valence-electron chi connectivity index (χ3n) is 5.12. The lowest BCUT2D eigenvalue weighted by atomic mass is 10.1. The van der Waals surface area contributed by atoms with Gasteiger partial charge in [-0.25, -0.2) is 13.6 Å². The first kappa shape index (κ1) is 23.1. The summed E-state index contributed by atoms with van der Waals surface area (Å²) in [6.45, 7) is 1.91. The van der Waals surface area contributed by atoms with Gasteiger partial charge in [-0.2, -0.15) is 5.10 Å². The molecule has 4 aromatic rings. The van der Waals surface area contributed by atoms with Crippen LogP contribution in [0.25, 0.3) is 22.2 Å². The van der Waals surface area contributed by atoms with E-state index in [-0.39, 0.29) is 29.4 Å². The first-order chi connectivity index (χ1) is 16.3. The molecule has 0 amide bonds. The second kappa shape index (κ2) is 9.43. The summed E-state index contributed by atoms with van der Waals surface area (Å²) in [5, 5.41) is 16.3. The number of nitrogens with one attached hydrogen (secondary N) is 1. The molecule has 176 valence electrons. The third-order valence-corrected chi connectivity index (χ3v) is 6.09. The van der Waals surface area contributed by atoms with Crippen molar-refractivity contribution in [1.29, 1.82) is 0 Å². The molecule has 3 N–H and O–H groups in total. The zero-order valence-electron chi connectivity index (χ0n) is 18.3. The number of benzene rings is 2. The highest BCUT2D eigenvalue weighted by molar-refractivity contribution is 7.86. The van der Waals surface area contributed by atoms with Crippen LogP contribution in [0.1, 0.15) is 12.5 Å². The average Bonchev–Trinajstić information content (AvgIpc) is 3.17. The Kier molecular flexibility index (Phi) is 6.41. The van der Waals surface area contributed by atoms with Crippen molar-refractivity contribution in [3.8, 4) is 17.0 Å². The highest BCUT2D eigenvalue weighted by atomic mass is 32.2. The number of ether oxygens (including phenoxy) is 1. The number of halogens is 1. The number of aromatic nitrogens is 3. The molecule has 1 atom stereocenters. The van der Waals surface area contributed by atoms with Crippen LogP contribution in [0.2, 0.25) is 0 Å². The van der Waals surface area contributed by atoms with Gasteiger partial charge in [-0.05, 0) is 29.8 Å².